The molecule has 2 aromatic rings. The summed E-state index contributed by atoms with van der Waals surface area (Å²) in [5.74, 6) is -0.441. The lowest BCUT2D eigenvalue weighted by Crippen LogP contribution is -2.02. The Morgan fingerprint density at radius 3 is 2.14 bits per heavy atom. The molecule has 0 unspecified atom stereocenters. The lowest BCUT2D eigenvalue weighted by molar-refractivity contribution is -0.137. The minimum absolute atomic E-state index is 0.0461. The highest BCUT2D eigenvalue weighted by Gasteiger charge is 2.15. The van der Waals surface area contributed by atoms with Gasteiger partial charge >= 0.3 is 5.97 Å². The number of rotatable bonds is 4. The van der Waals surface area contributed by atoms with Crippen LogP contribution in [0.4, 0.5) is 0 Å². The summed E-state index contributed by atoms with van der Waals surface area (Å²) in [6.07, 6.45) is 2.68. The Morgan fingerprint density at radius 1 is 1.09 bits per heavy atom. The van der Waals surface area contributed by atoms with E-state index in [4.69, 9.17) is 5.11 Å². The molecule has 0 atom stereocenters. The molecule has 22 heavy (non-hydrogen) atoms. The maximum Gasteiger partial charge on any atom is 0.330 e. The third kappa shape index (κ3) is 4.06. The van der Waals surface area contributed by atoms with Crippen molar-refractivity contribution in [1.29, 1.82) is 0 Å². The Balaban J connectivity index is 0.000000175. The molecule has 0 bridgehead atoms. The van der Waals surface area contributed by atoms with E-state index in [9.17, 15) is 4.79 Å². The fraction of sp³-hybridized carbons (Fsp3) is 0.211. The summed E-state index contributed by atoms with van der Waals surface area (Å²) in [5, 5.41) is 8.23. The number of esters is 1. The van der Waals surface area contributed by atoms with Crippen molar-refractivity contribution in [1.82, 2.24) is 0 Å². The van der Waals surface area contributed by atoms with Gasteiger partial charge in [-0.15, -0.1) is 0 Å². The lowest BCUT2D eigenvalue weighted by Gasteiger charge is -1.98. The molecule has 0 saturated heterocycles. The molecule has 0 heterocycles. The molecule has 0 radical (unpaired) electrons. The molecule has 0 amide bonds. The minimum atomic E-state index is -0.441. The Bertz CT molecular complexity index is 603. The van der Waals surface area contributed by atoms with Gasteiger partial charge in [-0.1, -0.05) is 55.1 Å². The Kier molecular flexibility index (Phi) is 5.92. The molecule has 2 aromatic carbocycles. The van der Waals surface area contributed by atoms with Gasteiger partial charge in [-0.3, -0.25) is 0 Å². The van der Waals surface area contributed by atoms with Crippen molar-refractivity contribution < 1.29 is 14.6 Å². The molecule has 114 valence electrons. The Labute approximate surface area is 130 Å². The largest absolute Gasteiger partial charge is 0.462 e. The van der Waals surface area contributed by atoms with Crippen LogP contribution >= 0.6 is 0 Å². The number of aliphatic hydroxyl groups is 1. The van der Waals surface area contributed by atoms with Crippen LogP contribution in [0.25, 0.3) is 11.1 Å². The molecular weight excluding hydrogens is 276 g/mol. The zero-order valence-corrected chi connectivity index (χ0v) is 12.5. The normalized spacial score (nSPS) is 10.8. The Morgan fingerprint density at radius 2 is 1.64 bits per heavy atom. The molecule has 3 rings (SSSR count). The van der Waals surface area contributed by atoms with E-state index in [0.717, 1.165) is 12.5 Å². The highest BCUT2D eigenvalue weighted by atomic mass is 16.5. The van der Waals surface area contributed by atoms with Gasteiger partial charge in [0.25, 0.3) is 0 Å². The van der Waals surface area contributed by atoms with Crippen molar-refractivity contribution in [3.8, 4) is 11.1 Å². The SMILES string of the molecule is C=CC(=O)OCCCO.c1ccc2c(c1)Cc1ccccc1-2. The highest BCUT2D eigenvalue weighted by molar-refractivity contribution is 5.81. The first-order valence-electron chi connectivity index (χ1n) is 7.32. The summed E-state index contributed by atoms with van der Waals surface area (Å²) in [4.78, 5) is 10.3. The number of hydrogen-bond acceptors (Lipinski definition) is 3. The number of carbonyl (C=O) groups excluding carboxylic acids is 1. The van der Waals surface area contributed by atoms with E-state index in [1.807, 2.05) is 0 Å². The van der Waals surface area contributed by atoms with Gasteiger partial charge in [-0.2, -0.15) is 0 Å². The van der Waals surface area contributed by atoms with Crippen LogP contribution in [0.2, 0.25) is 0 Å². The molecule has 3 nitrogen and oxygen atoms in total. The molecule has 0 saturated carbocycles. The number of benzene rings is 2. The first-order valence-corrected chi connectivity index (χ1v) is 7.32. The van der Waals surface area contributed by atoms with Gasteiger partial charge in [0.2, 0.25) is 0 Å². The molecule has 0 fully saturated rings. The first kappa shape index (κ1) is 16.0. The maximum absolute atomic E-state index is 10.3. The zero-order chi connectivity index (χ0) is 15.8. The summed E-state index contributed by atoms with van der Waals surface area (Å²) in [6.45, 7) is 3.51. The van der Waals surface area contributed by atoms with Gasteiger partial charge in [0, 0.05) is 19.1 Å². The standard InChI is InChI=1S/C13H10.C6H10O3/c1-3-7-12-10(5-1)9-11-6-2-4-8-13(11)12;1-2-6(8)9-5-3-4-7/h1-8H,9H2;2,7H,1,3-5H2. The van der Waals surface area contributed by atoms with Crippen molar-refractivity contribution in [3.05, 3.63) is 72.3 Å². The number of hydrogen-bond donors (Lipinski definition) is 1. The van der Waals surface area contributed by atoms with Crippen LogP contribution in [-0.4, -0.2) is 24.3 Å². The number of ether oxygens (including phenoxy) is 1. The quantitative estimate of drug-likeness (QED) is 0.456. The fourth-order valence-corrected chi connectivity index (χ4v) is 2.38. The second-order valence-corrected chi connectivity index (χ2v) is 4.94. The van der Waals surface area contributed by atoms with Crippen LogP contribution in [0.3, 0.4) is 0 Å². The third-order valence-electron chi connectivity index (χ3n) is 3.42. The average molecular weight is 296 g/mol. The van der Waals surface area contributed by atoms with E-state index in [1.54, 1.807) is 0 Å². The van der Waals surface area contributed by atoms with Gasteiger partial charge in [0.1, 0.15) is 0 Å². The number of fused-ring (bicyclic) bond motifs is 3. The van der Waals surface area contributed by atoms with Crippen LogP contribution in [0.1, 0.15) is 17.5 Å². The van der Waals surface area contributed by atoms with Gasteiger partial charge in [0.05, 0.1) is 6.61 Å². The molecular formula is C19H20O3. The molecule has 1 N–H and O–H groups in total. The van der Waals surface area contributed by atoms with Crippen molar-refractivity contribution in [2.75, 3.05) is 13.2 Å². The van der Waals surface area contributed by atoms with Gasteiger partial charge in [-0.05, 0) is 28.7 Å². The smallest absolute Gasteiger partial charge is 0.330 e. The van der Waals surface area contributed by atoms with E-state index in [0.29, 0.717) is 6.42 Å². The van der Waals surface area contributed by atoms with Crippen LogP contribution in [0.5, 0.6) is 0 Å². The molecule has 0 spiro atoms. The average Bonchev–Trinajstić information content (AvgIpc) is 2.94. The maximum atomic E-state index is 10.3. The van der Waals surface area contributed by atoms with Crippen molar-refractivity contribution in [2.45, 2.75) is 12.8 Å². The molecule has 0 aliphatic heterocycles. The lowest BCUT2D eigenvalue weighted by atomic mass is 10.1. The molecule has 1 aliphatic carbocycles. The number of carbonyl (C=O) groups is 1. The van der Waals surface area contributed by atoms with Crippen LogP contribution in [0.15, 0.2) is 61.2 Å². The first-order chi connectivity index (χ1) is 10.8. The monoisotopic (exact) mass is 296 g/mol. The van der Waals surface area contributed by atoms with E-state index < -0.39 is 5.97 Å². The van der Waals surface area contributed by atoms with E-state index in [1.165, 1.54) is 22.3 Å². The van der Waals surface area contributed by atoms with E-state index >= 15 is 0 Å². The summed E-state index contributed by atoms with van der Waals surface area (Å²) >= 11 is 0. The minimum Gasteiger partial charge on any atom is -0.462 e. The van der Waals surface area contributed by atoms with Gasteiger partial charge in [0.15, 0.2) is 0 Å². The van der Waals surface area contributed by atoms with Crippen molar-refractivity contribution in [2.24, 2.45) is 0 Å². The van der Waals surface area contributed by atoms with Crippen LogP contribution < -0.4 is 0 Å². The Hall–Kier alpha value is -2.39. The fourth-order valence-electron chi connectivity index (χ4n) is 2.38. The molecule has 0 aromatic heterocycles. The predicted molar refractivity (Wildman–Crippen MR) is 87.5 cm³/mol. The molecule has 3 heteroatoms. The van der Waals surface area contributed by atoms with Gasteiger partial charge in [-0.25, -0.2) is 4.79 Å². The topological polar surface area (TPSA) is 46.5 Å². The summed E-state index contributed by atoms with van der Waals surface area (Å²) in [7, 11) is 0. The summed E-state index contributed by atoms with van der Waals surface area (Å²) in [5.41, 5.74) is 5.75. The van der Waals surface area contributed by atoms with Gasteiger partial charge < -0.3 is 9.84 Å². The van der Waals surface area contributed by atoms with Crippen LogP contribution in [-0.2, 0) is 16.0 Å². The van der Waals surface area contributed by atoms with Crippen LogP contribution in [0, 0.1) is 0 Å². The van der Waals surface area contributed by atoms with Crippen molar-refractivity contribution in [3.63, 3.8) is 0 Å². The summed E-state index contributed by atoms with van der Waals surface area (Å²) in [6, 6.07) is 17.3. The summed E-state index contributed by atoms with van der Waals surface area (Å²) < 4.78 is 4.51. The van der Waals surface area contributed by atoms with Crippen molar-refractivity contribution >= 4 is 5.97 Å². The molecule has 1 aliphatic rings. The van der Waals surface area contributed by atoms with E-state index in [-0.39, 0.29) is 13.2 Å². The number of aliphatic hydroxyl groups excluding tert-OH is 1. The zero-order valence-electron chi connectivity index (χ0n) is 12.5. The highest BCUT2D eigenvalue weighted by Crippen LogP contribution is 2.35. The second-order valence-electron chi connectivity index (χ2n) is 4.94. The van der Waals surface area contributed by atoms with E-state index in [2.05, 4.69) is 59.8 Å². The second kappa shape index (κ2) is 8.15. The third-order valence-corrected chi connectivity index (χ3v) is 3.42. The predicted octanol–water partition coefficient (Wildman–Crippen LogP) is 3.36.